The zero-order valence-electron chi connectivity index (χ0n) is 15.4. The number of rotatable bonds is 5. The summed E-state index contributed by atoms with van der Waals surface area (Å²) in [5.41, 5.74) is 0.458. The van der Waals surface area contributed by atoms with Gasteiger partial charge in [-0.05, 0) is 17.7 Å². The van der Waals surface area contributed by atoms with Gasteiger partial charge in [0, 0.05) is 32.3 Å². The average molecular weight is 367 g/mol. The molecule has 0 radical (unpaired) electrons. The zero-order chi connectivity index (χ0) is 19.4. The number of aliphatic imine (C=N–C) groups is 1. The second kappa shape index (κ2) is 7.80. The molecular formula is C18H24F3N5. The van der Waals surface area contributed by atoms with E-state index in [4.69, 9.17) is 0 Å². The number of hydrogen-bond donors (Lipinski definition) is 2. The van der Waals surface area contributed by atoms with Crippen LogP contribution >= 0.6 is 0 Å². The maximum atomic E-state index is 12.9. The lowest BCUT2D eigenvalue weighted by molar-refractivity contribution is -0.137. The third-order valence-electron chi connectivity index (χ3n) is 4.25. The van der Waals surface area contributed by atoms with Crippen molar-refractivity contribution >= 4 is 5.96 Å². The molecule has 142 valence electrons. The smallest absolute Gasteiger partial charge is 0.356 e. The van der Waals surface area contributed by atoms with E-state index in [1.807, 2.05) is 27.0 Å². The molecule has 0 bridgehead atoms. The summed E-state index contributed by atoms with van der Waals surface area (Å²) in [5.74, 6) is 0.575. The predicted octanol–water partition coefficient (Wildman–Crippen LogP) is 3.08. The Morgan fingerprint density at radius 2 is 1.85 bits per heavy atom. The highest BCUT2D eigenvalue weighted by Gasteiger charge is 2.32. The fourth-order valence-corrected chi connectivity index (χ4v) is 2.49. The summed E-state index contributed by atoms with van der Waals surface area (Å²) in [7, 11) is 3.50. The molecule has 5 nitrogen and oxygen atoms in total. The Morgan fingerprint density at radius 3 is 2.42 bits per heavy atom. The number of nitrogens with one attached hydrogen (secondary N) is 2. The Morgan fingerprint density at radius 1 is 1.15 bits per heavy atom. The number of nitrogens with zero attached hydrogens (tertiary/aromatic N) is 3. The van der Waals surface area contributed by atoms with Gasteiger partial charge in [0.25, 0.3) is 0 Å². The molecule has 8 heteroatoms. The molecule has 0 aliphatic rings. The van der Waals surface area contributed by atoms with Crippen molar-refractivity contribution in [3.05, 3.63) is 53.3 Å². The van der Waals surface area contributed by atoms with Crippen molar-refractivity contribution in [2.75, 3.05) is 13.6 Å². The maximum Gasteiger partial charge on any atom is 0.416 e. The summed E-state index contributed by atoms with van der Waals surface area (Å²) in [4.78, 5) is 4.16. The molecule has 26 heavy (non-hydrogen) atoms. The fraction of sp³-hybridized carbons (Fsp3) is 0.444. The normalized spacial score (nSPS) is 13.0. The molecule has 1 aromatic heterocycles. The average Bonchev–Trinajstić information content (AvgIpc) is 2.99. The summed E-state index contributed by atoms with van der Waals surface area (Å²) in [6, 6.07) is 7.33. The predicted molar refractivity (Wildman–Crippen MR) is 95.9 cm³/mol. The summed E-state index contributed by atoms with van der Waals surface area (Å²) in [6.45, 7) is 4.76. The lowest BCUT2D eigenvalue weighted by Crippen LogP contribution is -2.43. The van der Waals surface area contributed by atoms with Crippen molar-refractivity contribution < 1.29 is 13.2 Å². The molecule has 2 N–H and O–H groups in total. The van der Waals surface area contributed by atoms with Gasteiger partial charge in [0.05, 0.1) is 17.8 Å². The van der Waals surface area contributed by atoms with Gasteiger partial charge in [-0.2, -0.15) is 18.3 Å². The minimum absolute atomic E-state index is 0.430. The molecule has 0 saturated heterocycles. The van der Waals surface area contributed by atoms with Crippen LogP contribution in [0.1, 0.15) is 30.7 Å². The second-order valence-corrected chi connectivity index (χ2v) is 6.69. The number of alkyl halides is 3. The van der Waals surface area contributed by atoms with Crippen LogP contribution in [0.25, 0.3) is 0 Å². The first-order valence-electron chi connectivity index (χ1n) is 8.22. The summed E-state index contributed by atoms with van der Waals surface area (Å²) < 4.78 is 40.6. The highest BCUT2D eigenvalue weighted by molar-refractivity contribution is 5.79. The van der Waals surface area contributed by atoms with Crippen molar-refractivity contribution in [2.24, 2.45) is 12.0 Å². The van der Waals surface area contributed by atoms with Crippen LogP contribution in [0.5, 0.6) is 0 Å². The fourth-order valence-electron chi connectivity index (χ4n) is 2.49. The van der Waals surface area contributed by atoms with Crippen molar-refractivity contribution in [1.29, 1.82) is 0 Å². The van der Waals surface area contributed by atoms with Crippen LogP contribution in [0, 0.1) is 0 Å². The van der Waals surface area contributed by atoms with Gasteiger partial charge in [0.2, 0.25) is 0 Å². The number of aromatic nitrogens is 2. The number of benzene rings is 1. The zero-order valence-corrected chi connectivity index (χ0v) is 15.4. The van der Waals surface area contributed by atoms with Crippen LogP contribution in [0.3, 0.4) is 0 Å². The van der Waals surface area contributed by atoms with Crippen LogP contribution in [0.2, 0.25) is 0 Å². The van der Waals surface area contributed by atoms with Gasteiger partial charge >= 0.3 is 6.18 Å². The second-order valence-electron chi connectivity index (χ2n) is 6.69. The highest BCUT2D eigenvalue weighted by atomic mass is 19.4. The van der Waals surface area contributed by atoms with Crippen LogP contribution < -0.4 is 10.6 Å². The Bertz CT molecular complexity index is 762. The molecule has 1 aromatic carbocycles. The van der Waals surface area contributed by atoms with E-state index in [0.717, 1.165) is 11.8 Å². The largest absolute Gasteiger partial charge is 0.416 e. The van der Waals surface area contributed by atoms with Gasteiger partial charge < -0.3 is 10.6 Å². The van der Waals surface area contributed by atoms with Crippen LogP contribution in [0.4, 0.5) is 13.2 Å². The third kappa shape index (κ3) is 5.00. The van der Waals surface area contributed by atoms with Crippen molar-refractivity contribution in [1.82, 2.24) is 20.4 Å². The van der Waals surface area contributed by atoms with E-state index in [0.29, 0.717) is 24.6 Å². The number of hydrogen-bond acceptors (Lipinski definition) is 2. The Balaban J connectivity index is 2.01. The van der Waals surface area contributed by atoms with Crippen molar-refractivity contribution in [3.63, 3.8) is 0 Å². The molecule has 0 atom stereocenters. The Kier molecular flexibility index (Phi) is 5.94. The molecule has 2 rings (SSSR count). The van der Waals surface area contributed by atoms with E-state index >= 15 is 0 Å². The van der Waals surface area contributed by atoms with E-state index < -0.39 is 17.2 Å². The maximum absolute atomic E-state index is 12.9. The lowest BCUT2D eigenvalue weighted by Gasteiger charge is -2.27. The van der Waals surface area contributed by atoms with Gasteiger partial charge in [-0.15, -0.1) is 0 Å². The van der Waals surface area contributed by atoms with Crippen molar-refractivity contribution in [3.8, 4) is 0 Å². The van der Waals surface area contributed by atoms with Gasteiger partial charge in [-0.3, -0.25) is 9.67 Å². The van der Waals surface area contributed by atoms with Crippen LogP contribution in [0.15, 0.2) is 41.5 Å². The van der Waals surface area contributed by atoms with E-state index in [1.165, 1.54) is 12.1 Å². The summed E-state index contributed by atoms with van der Waals surface area (Å²) >= 11 is 0. The minimum Gasteiger partial charge on any atom is -0.356 e. The lowest BCUT2D eigenvalue weighted by atomic mass is 9.84. The van der Waals surface area contributed by atoms with E-state index in [9.17, 15) is 13.2 Å². The Labute approximate surface area is 151 Å². The first-order valence-corrected chi connectivity index (χ1v) is 8.22. The Hall–Kier alpha value is -2.51. The molecule has 1 heterocycles. The summed E-state index contributed by atoms with van der Waals surface area (Å²) in [5, 5.41) is 10.4. The molecule has 0 saturated carbocycles. The number of guanidine groups is 1. The van der Waals surface area contributed by atoms with Gasteiger partial charge in [-0.25, -0.2) is 0 Å². The topological polar surface area (TPSA) is 54.2 Å². The van der Waals surface area contributed by atoms with E-state index in [2.05, 4.69) is 20.7 Å². The van der Waals surface area contributed by atoms with Crippen LogP contribution in [-0.4, -0.2) is 29.3 Å². The highest BCUT2D eigenvalue weighted by Crippen LogP contribution is 2.32. The SMILES string of the molecule is CN=C(NCc1ccnn1C)NCC(C)(C)c1cccc(C(F)(F)F)c1. The number of halogens is 3. The standard InChI is InChI=1S/C18H24F3N5/c1-17(2,13-6-5-7-14(10-13)18(19,20)21)12-24-16(22-3)23-11-15-8-9-25-26(15)4/h5-10H,11-12H2,1-4H3,(H2,22,23,24). The molecule has 0 aliphatic heterocycles. The molecule has 0 unspecified atom stereocenters. The van der Waals surface area contributed by atoms with Gasteiger partial charge in [0.1, 0.15) is 0 Å². The van der Waals surface area contributed by atoms with Crippen molar-refractivity contribution in [2.45, 2.75) is 32.0 Å². The molecule has 0 spiro atoms. The molecule has 0 aliphatic carbocycles. The van der Waals surface area contributed by atoms with E-state index in [1.54, 1.807) is 24.0 Å². The van der Waals surface area contributed by atoms with Gasteiger partial charge in [0.15, 0.2) is 5.96 Å². The molecule has 0 amide bonds. The van der Waals surface area contributed by atoms with E-state index in [-0.39, 0.29) is 0 Å². The third-order valence-corrected chi connectivity index (χ3v) is 4.25. The first kappa shape index (κ1) is 19.8. The van der Waals surface area contributed by atoms with Crippen LogP contribution in [-0.2, 0) is 25.2 Å². The molecular weight excluding hydrogens is 343 g/mol. The quantitative estimate of drug-likeness (QED) is 0.631. The minimum atomic E-state index is -4.35. The van der Waals surface area contributed by atoms with Gasteiger partial charge in [-0.1, -0.05) is 32.0 Å². The molecule has 0 fully saturated rings. The summed E-state index contributed by atoms with van der Waals surface area (Å²) in [6.07, 6.45) is -2.63. The monoisotopic (exact) mass is 367 g/mol. The first-order chi connectivity index (χ1) is 12.1. The molecule has 2 aromatic rings. The number of aryl methyl sites for hydroxylation is 1.